The largest absolute Gasteiger partial charge is 0.471 e. The van der Waals surface area contributed by atoms with E-state index < -0.39 is 30.3 Å². The molecular weight excluding hydrogens is 684 g/mol. The standard InChI is InChI=1S/C35H33Cl2F3N4O5/c36-30-31(37)43(20-42-30)18-26-16-29(23-9-7-21(19-45)8-10-23)49-33(48-26)24-13-11-22(12-14-24)27-5-2-1-4-25(27)17-41-32(46)28-6-3-15-44(28)34(47)35(38,39)40/h1-2,4-5,7-14,20,26,28-29,33,45H,3,6,15-19H2,(H,41,46). The summed E-state index contributed by atoms with van der Waals surface area (Å²) >= 11 is 12.4. The number of rotatable bonds is 9. The molecule has 0 bridgehead atoms. The van der Waals surface area contributed by atoms with Crippen LogP contribution in [-0.4, -0.2) is 56.2 Å². The van der Waals surface area contributed by atoms with Crippen LogP contribution in [0.5, 0.6) is 0 Å². The summed E-state index contributed by atoms with van der Waals surface area (Å²) in [4.78, 5) is 29.4. The lowest BCUT2D eigenvalue weighted by molar-refractivity contribution is -0.252. The SMILES string of the molecule is O=C(NCc1ccccc1-c1ccc(C2OC(Cn3cnc(Cl)c3Cl)CC(c3ccc(CO)cc3)O2)cc1)C1CCCN1C(=O)C(F)(F)F. The molecule has 3 aromatic carbocycles. The Morgan fingerprint density at radius 3 is 2.37 bits per heavy atom. The van der Waals surface area contributed by atoms with Gasteiger partial charge in [-0.2, -0.15) is 13.2 Å². The number of aromatic nitrogens is 2. The number of halogens is 5. The van der Waals surface area contributed by atoms with Crippen molar-refractivity contribution in [3.8, 4) is 11.1 Å². The van der Waals surface area contributed by atoms with Gasteiger partial charge in [-0.05, 0) is 40.7 Å². The smallest absolute Gasteiger partial charge is 0.392 e. The number of carbonyl (C=O) groups is 2. The maximum atomic E-state index is 13.1. The van der Waals surface area contributed by atoms with Gasteiger partial charge in [-0.15, -0.1) is 0 Å². The van der Waals surface area contributed by atoms with Crippen molar-refractivity contribution in [3.05, 3.63) is 112 Å². The number of carbonyl (C=O) groups excluding carboxylic acids is 2. The number of amides is 2. The van der Waals surface area contributed by atoms with Crippen LogP contribution in [0.25, 0.3) is 11.1 Å². The second-order valence-electron chi connectivity index (χ2n) is 12.0. The molecule has 4 aromatic rings. The van der Waals surface area contributed by atoms with Gasteiger partial charge in [0.15, 0.2) is 11.4 Å². The highest BCUT2D eigenvalue weighted by molar-refractivity contribution is 6.40. The molecule has 1 aromatic heterocycles. The number of ether oxygens (including phenoxy) is 2. The fourth-order valence-corrected chi connectivity index (χ4v) is 6.56. The van der Waals surface area contributed by atoms with E-state index in [1.165, 1.54) is 0 Å². The van der Waals surface area contributed by atoms with Gasteiger partial charge >= 0.3 is 12.1 Å². The molecule has 2 fully saturated rings. The number of aliphatic hydroxyl groups is 1. The summed E-state index contributed by atoms with van der Waals surface area (Å²) < 4.78 is 53.8. The summed E-state index contributed by atoms with van der Waals surface area (Å²) in [5.41, 5.74) is 4.90. The number of hydrogen-bond acceptors (Lipinski definition) is 6. The number of aliphatic hydroxyl groups excluding tert-OH is 1. The molecule has 0 aliphatic carbocycles. The van der Waals surface area contributed by atoms with E-state index in [9.17, 15) is 27.9 Å². The van der Waals surface area contributed by atoms with Crippen LogP contribution in [0.2, 0.25) is 10.3 Å². The topological polar surface area (TPSA) is 106 Å². The average Bonchev–Trinajstić information content (AvgIpc) is 3.73. The van der Waals surface area contributed by atoms with Gasteiger partial charge < -0.3 is 29.4 Å². The quantitative estimate of drug-likeness (QED) is 0.198. The van der Waals surface area contributed by atoms with Crippen molar-refractivity contribution in [1.29, 1.82) is 0 Å². The highest BCUT2D eigenvalue weighted by Gasteiger charge is 2.47. The van der Waals surface area contributed by atoms with Gasteiger partial charge in [0.1, 0.15) is 11.2 Å². The van der Waals surface area contributed by atoms with Gasteiger partial charge in [-0.25, -0.2) is 4.98 Å². The molecule has 4 atom stereocenters. The molecule has 2 aliphatic rings. The maximum absolute atomic E-state index is 13.1. The van der Waals surface area contributed by atoms with E-state index in [-0.39, 0.29) is 43.5 Å². The lowest BCUT2D eigenvalue weighted by atomic mass is 9.97. The Labute approximate surface area is 290 Å². The molecule has 258 valence electrons. The van der Waals surface area contributed by atoms with Gasteiger partial charge in [0, 0.05) is 25.1 Å². The Balaban J connectivity index is 1.18. The first-order chi connectivity index (χ1) is 23.5. The monoisotopic (exact) mass is 716 g/mol. The van der Waals surface area contributed by atoms with Crippen LogP contribution >= 0.6 is 23.2 Å². The molecular formula is C35H33Cl2F3N4O5. The number of likely N-dealkylation sites (tertiary alicyclic amines) is 1. The molecule has 0 saturated carbocycles. The maximum Gasteiger partial charge on any atom is 0.471 e. The molecule has 14 heteroatoms. The van der Waals surface area contributed by atoms with Crippen molar-refractivity contribution in [2.24, 2.45) is 0 Å². The number of nitrogens with zero attached hydrogens (tertiary/aromatic N) is 3. The first-order valence-electron chi connectivity index (χ1n) is 15.7. The lowest BCUT2D eigenvalue weighted by Crippen LogP contribution is -2.50. The molecule has 3 heterocycles. The Hall–Kier alpha value is -3.94. The fraction of sp³-hybridized carbons (Fsp3) is 0.343. The van der Waals surface area contributed by atoms with E-state index in [0.717, 1.165) is 33.4 Å². The van der Waals surface area contributed by atoms with Crippen LogP contribution < -0.4 is 5.32 Å². The van der Waals surface area contributed by atoms with Crippen LogP contribution in [-0.2, 0) is 38.8 Å². The first-order valence-corrected chi connectivity index (χ1v) is 16.5. The Bertz CT molecular complexity index is 1790. The van der Waals surface area contributed by atoms with E-state index in [1.54, 1.807) is 10.9 Å². The van der Waals surface area contributed by atoms with Crippen LogP contribution in [0.15, 0.2) is 79.1 Å². The molecule has 2 aliphatic heterocycles. The number of nitrogens with one attached hydrogen (secondary N) is 1. The van der Waals surface area contributed by atoms with Gasteiger partial charge in [0.25, 0.3) is 0 Å². The number of hydrogen-bond donors (Lipinski definition) is 2. The number of alkyl halides is 3. The van der Waals surface area contributed by atoms with Crippen molar-refractivity contribution in [2.45, 2.75) is 69.7 Å². The highest BCUT2D eigenvalue weighted by atomic mass is 35.5. The molecule has 2 amide bonds. The van der Waals surface area contributed by atoms with Crippen LogP contribution in [0.1, 0.15) is 53.9 Å². The second-order valence-corrected chi connectivity index (χ2v) is 12.7. The minimum atomic E-state index is -5.04. The number of imidazole rings is 1. The van der Waals surface area contributed by atoms with Crippen molar-refractivity contribution in [2.75, 3.05) is 6.54 Å². The summed E-state index contributed by atoms with van der Waals surface area (Å²) in [5, 5.41) is 12.7. The zero-order valence-corrected chi connectivity index (χ0v) is 27.6. The van der Waals surface area contributed by atoms with Crippen molar-refractivity contribution in [1.82, 2.24) is 19.8 Å². The summed E-state index contributed by atoms with van der Waals surface area (Å²) in [6.45, 7) is 0.278. The Morgan fingerprint density at radius 1 is 0.980 bits per heavy atom. The lowest BCUT2D eigenvalue weighted by Gasteiger charge is -2.36. The summed E-state index contributed by atoms with van der Waals surface area (Å²) in [7, 11) is 0. The van der Waals surface area contributed by atoms with Crippen molar-refractivity contribution in [3.63, 3.8) is 0 Å². The predicted molar refractivity (Wildman–Crippen MR) is 175 cm³/mol. The Morgan fingerprint density at radius 2 is 1.69 bits per heavy atom. The van der Waals surface area contributed by atoms with Crippen LogP contribution in [0, 0.1) is 0 Å². The summed E-state index contributed by atoms with van der Waals surface area (Å²) in [5.74, 6) is -2.62. The molecule has 0 spiro atoms. The molecule has 2 N–H and O–H groups in total. The summed E-state index contributed by atoms with van der Waals surface area (Å²) in [6, 6.07) is 21.4. The second kappa shape index (κ2) is 14.9. The van der Waals surface area contributed by atoms with Gasteiger partial charge in [0.2, 0.25) is 5.91 Å². The van der Waals surface area contributed by atoms with Gasteiger partial charge in [-0.3, -0.25) is 9.59 Å². The minimum Gasteiger partial charge on any atom is -0.392 e. The van der Waals surface area contributed by atoms with Crippen molar-refractivity contribution >= 4 is 35.0 Å². The van der Waals surface area contributed by atoms with E-state index >= 15 is 0 Å². The zero-order valence-electron chi connectivity index (χ0n) is 26.1. The molecule has 9 nitrogen and oxygen atoms in total. The van der Waals surface area contributed by atoms with Crippen molar-refractivity contribution < 1.29 is 37.3 Å². The predicted octanol–water partition coefficient (Wildman–Crippen LogP) is 6.76. The number of benzene rings is 3. The molecule has 2 saturated heterocycles. The van der Waals surface area contributed by atoms with Gasteiger partial charge in [0.05, 0.1) is 31.7 Å². The molecule has 4 unspecified atom stereocenters. The third kappa shape index (κ3) is 7.94. The van der Waals surface area contributed by atoms with E-state index in [4.69, 9.17) is 32.7 Å². The van der Waals surface area contributed by atoms with Crippen LogP contribution in [0.3, 0.4) is 0 Å². The fourth-order valence-electron chi connectivity index (χ4n) is 6.24. The minimum absolute atomic E-state index is 0.0649. The molecule has 6 rings (SSSR count). The first kappa shape index (κ1) is 34.9. The summed E-state index contributed by atoms with van der Waals surface area (Å²) in [6.07, 6.45) is -3.82. The third-order valence-electron chi connectivity index (χ3n) is 8.77. The van der Waals surface area contributed by atoms with E-state index in [0.29, 0.717) is 29.4 Å². The molecule has 0 radical (unpaired) electrons. The Kier molecular flexibility index (Phi) is 10.6. The zero-order chi connectivity index (χ0) is 34.7. The average molecular weight is 718 g/mol. The van der Waals surface area contributed by atoms with Gasteiger partial charge in [-0.1, -0.05) is 96.0 Å². The normalized spacial score (nSPS) is 21.1. The van der Waals surface area contributed by atoms with E-state index in [1.807, 2.05) is 72.8 Å². The van der Waals surface area contributed by atoms with E-state index in [2.05, 4.69) is 10.3 Å². The van der Waals surface area contributed by atoms with Crippen LogP contribution in [0.4, 0.5) is 13.2 Å². The highest BCUT2D eigenvalue weighted by Crippen LogP contribution is 2.39. The molecule has 49 heavy (non-hydrogen) atoms. The third-order valence-corrected chi connectivity index (χ3v) is 9.54.